The second-order valence-electron chi connectivity index (χ2n) is 10.5. The van der Waals surface area contributed by atoms with E-state index in [1.807, 2.05) is 91.3 Å². The predicted molar refractivity (Wildman–Crippen MR) is 169 cm³/mol. The van der Waals surface area contributed by atoms with Gasteiger partial charge in [0.15, 0.2) is 13.2 Å². The number of ether oxygens (including phenoxy) is 4. The van der Waals surface area contributed by atoms with Crippen molar-refractivity contribution >= 4 is 44.9 Å². The van der Waals surface area contributed by atoms with Crippen LogP contribution in [-0.2, 0) is 19.1 Å². The van der Waals surface area contributed by atoms with Gasteiger partial charge in [-0.2, -0.15) is 0 Å². The fourth-order valence-electron chi connectivity index (χ4n) is 5.37. The van der Waals surface area contributed by atoms with E-state index in [-0.39, 0.29) is 13.2 Å². The van der Waals surface area contributed by atoms with Crippen LogP contribution in [0.2, 0.25) is 0 Å². The molecule has 0 radical (unpaired) electrons. The minimum atomic E-state index is -1.09. The van der Waals surface area contributed by atoms with E-state index in [0.29, 0.717) is 11.5 Å². The Morgan fingerprint density at radius 3 is 1.98 bits per heavy atom. The van der Waals surface area contributed by atoms with E-state index in [0.717, 1.165) is 47.7 Å². The molecule has 1 atom stereocenters. The third-order valence-electron chi connectivity index (χ3n) is 7.51. The summed E-state index contributed by atoms with van der Waals surface area (Å²) < 4.78 is 21.6. The first-order valence-electron chi connectivity index (χ1n) is 14.6. The van der Waals surface area contributed by atoms with E-state index in [1.54, 1.807) is 6.07 Å². The second-order valence-corrected chi connectivity index (χ2v) is 10.5. The van der Waals surface area contributed by atoms with Crippen molar-refractivity contribution in [2.24, 2.45) is 0 Å². The molecule has 1 fully saturated rings. The van der Waals surface area contributed by atoms with Crippen molar-refractivity contribution in [1.82, 2.24) is 4.98 Å². The molecule has 0 N–H and O–H groups in total. The highest BCUT2D eigenvalue weighted by molar-refractivity contribution is 5.95. The van der Waals surface area contributed by atoms with Crippen LogP contribution >= 0.6 is 0 Å². The third-order valence-corrected chi connectivity index (χ3v) is 7.51. The number of fused-ring (bicyclic) bond motifs is 2. The molecular formula is C35H33N3O6. The lowest BCUT2D eigenvalue weighted by Crippen LogP contribution is -2.46. The number of benzene rings is 4. The topological polar surface area (TPSA) is 90.4 Å². The lowest BCUT2D eigenvalue weighted by molar-refractivity contribution is -0.187. The van der Waals surface area contributed by atoms with Crippen LogP contribution in [-0.4, -0.2) is 62.6 Å². The van der Waals surface area contributed by atoms with Gasteiger partial charge in [0.25, 0.3) is 0 Å². The Labute approximate surface area is 255 Å². The van der Waals surface area contributed by atoms with E-state index in [2.05, 4.69) is 20.9 Å². The number of rotatable bonds is 10. The zero-order valence-electron chi connectivity index (χ0n) is 24.4. The van der Waals surface area contributed by atoms with Crippen LogP contribution in [0.4, 0.5) is 11.4 Å². The van der Waals surface area contributed by atoms with Crippen molar-refractivity contribution in [1.29, 1.82) is 0 Å². The monoisotopic (exact) mass is 591 g/mol. The van der Waals surface area contributed by atoms with Crippen molar-refractivity contribution in [3.63, 3.8) is 0 Å². The maximum atomic E-state index is 12.4. The van der Waals surface area contributed by atoms with Gasteiger partial charge in [0.1, 0.15) is 11.5 Å². The molecular weight excluding hydrogens is 558 g/mol. The van der Waals surface area contributed by atoms with Crippen molar-refractivity contribution in [3.8, 4) is 11.5 Å². The molecule has 9 nitrogen and oxygen atoms in total. The molecule has 1 saturated heterocycles. The Balaban J connectivity index is 0.967. The smallest absolute Gasteiger partial charge is 0.347 e. The lowest BCUT2D eigenvalue weighted by Gasteiger charge is -2.37. The molecule has 0 aliphatic carbocycles. The van der Waals surface area contributed by atoms with Gasteiger partial charge in [-0.1, -0.05) is 42.5 Å². The Morgan fingerprint density at radius 2 is 1.27 bits per heavy atom. The van der Waals surface area contributed by atoms with E-state index in [4.69, 9.17) is 18.9 Å². The first-order valence-corrected chi connectivity index (χ1v) is 14.6. The van der Waals surface area contributed by atoms with Gasteiger partial charge in [-0.3, -0.25) is 4.98 Å². The third kappa shape index (κ3) is 7.00. The Kier molecular flexibility index (Phi) is 8.72. The highest BCUT2D eigenvalue weighted by atomic mass is 16.7. The molecule has 224 valence electrons. The van der Waals surface area contributed by atoms with Crippen LogP contribution in [0.25, 0.3) is 21.5 Å². The lowest BCUT2D eigenvalue weighted by atomic mass is 10.1. The van der Waals surface area contributed by atoms with Gasteiger partial charge in [-0.25, -0.2) is 9.59 Å². The summed E-state index contributed by atoms with van der Waals surface area (Å²) in [4.78, 5) is 33.5. The number of pyridine rings is 1. The molecule has 0 bridgehead atoms. The molecule has 1 aliphatic rings. The molecule has 44 heavy (non-hydrogen) atoms. The number of carbonyl (C=O) groups is 2. The van der Waals surface area contributed by atoms with Crippen LogP contribution in [0, 0.1) is 0 Å². The number of piperazine rings is 1. The summed E-state index contributed by atoms with van der Waals surface area (Å²) in [5, 5.41) is 4.21. The number of nitrogens with zero attached hydrogens (tertiary/aromatic N) is 3. The first-order chi connectivity index (χ1) is 21.5. The number of carbonyl (C=O) groups excluding carboxylic acids is 2. The zero-order valence-corrected chi connectivity index (χ0v) is 24.4. The van der Waals surface area contributed by atoms with Crippen LogP contribution in [0.1, 0.15) is 6.92 Å². The van der Waals surface area contributed by atoms with E-state index >= 15 is 0 Å². The molecule has 1 aliphatic heterocycles. The summed E-state index contributed by atoms with van der Waals surface area (Å²) in [5.41, 5.74) is 2.36. The van der Waals surface area contributed by atoms with Gasteiger partial charge >= 0.3 is 11.9 Å². The molecule has 0 saturated carbocycles. The van der Waals surface area contributed by atoms with Crippen molar-refractivity contribution in [2.45, 2.75) is 13.2 Å². The van der Waals surface area contributed by atoms with Crippen molar-refractivity contribution in [2.75, 3.05) is 49.2 Å². The number of esters is 2. The minimum absolute atomic E-state index is 0.309. The van der Waals surface area contributed by atoms with Gasteiger partial charge in [-0.05, 0) is 64.7 Å². The summed E-state index contributed by atoms with van der Waals surface area (Å²) in [6.45, 7) is 4.51. The quantitative estimate of drug-likeness (QED) is 0.152. The normalized spacial score (nSPS) is 13.8. The number of hydrogen-bond acceptors (Lipinski definition) is 9. The maximum Gasteiger partial charge on any atom is 0.347 e. The maximum absolute atomic E-state index is 12.4. The van der Waals surface area contributed by atoms with Gasteiger partial charge in [-0.15, -0.1) is 0 Å². The molecule has 1 aromatic heterocycles. The van der Waals surface area contributed by atoms with Gasteiger partial charge in [0.2, 0.25) is 6.29 Å². The molecule has 9 heteroatoms. The van der Waals surface area contributed by atoms with Crippen LogP contribution in [0.3, 0.4) is 0 Å². The zero-order chi connectivity index (χ0) is 30.3. The average Bonchev–Trinajstić information content (AvgIpc) is 3.06. The fraction of sp³-hybridized carbons (Fsp3) is 0.229. The summed E-state index contributed by atoms with van der Waals surface area (Å²) in [6, 6.07) is 29.5. The molecule has 1 unspecified atom stereocenters. The molecule has 4 aromatic carbocycles. The fourth-order valence-corrected chi connectivity index (χ4v) is 5.37. The predicted octanol–water partition coefficient (Wildman–Crippen LogP) is 5.60. The van der Waals surface area contributed by atoms with Crippen LogP contribution in [0.5, 0.6) is 11.5 Å². The van der Waals surface area contributed by atoms with E-state index < -0.39 is 18.2 Å². The largest absolute Gasteiger partial charge is 0.482 e. The van der Waals surface area contributed by atoms with Gasteiger partial charge < -0.3 is 28.7 Å². The number of aromatic nitrogens is 1. The highest BCUT2D eigenvalue weighted by Gasteiger charge is 2.20. The van der Waals surface area contributed by atoms with Crippen molar-refractivity contribution in [3.05, 3.63) is 103 Å². The van der Waals surface area contributed by atoms with Crippen molar-refractivity contribution < 1.29 is 28.5 Å². The summed E-state index contributed by atoms with van der Waals surface area (Å²) in [5.74, 6) is -0.211. The summed E-state index contributed by atoms with van der Waals surface area (Å²) in [7, 11) is 0. The molecule has 2 heterocycles. The summed E-state index contributed by atoms with van der Waals surface area (Å²) >= 11 is 0. The second kappa shape index (κ2) is 13.3. The van der Waals surface area contributed by atoms with Crippen LogP contribution in [0.15, 0.2) is 103 Å². The molecule has 6 rings (SSSR count). The van der Waals surface area contributed by atoms with Gasteiger partial charge in [0.05, 0.1) is 0 Å². The van der Waals surface area contributed by atoms with E-state index in [9.17, 15) is 9.59 Å². The Hall–Kier alpha value is -5.31. The number of hydrogen-bond donors (Lipinski definition) is 0. The van der Waals surface area contributed by atoms with E-state index in [1.165, 1.54) is 18.3 Å². The first kappa shape index (κ1) is 28.8. The summed E-state index contributed by atoms with van der Waals surface area (Å²) in [6.07, 6.45) is 2.56. The SMILES string of the molecule is CC(OC(=O)COc1ccc2ccccc2c1)OC(=O)COc1ccc2c(N3CCN(c4ccncc4)CC3)cccc2c1. The van der Waals surface area contributed by atoms with Crippen LogP contribution < -0.4 is 19.3 Å². The average molecular weight is 592 g/mol. The van der Waals surface area contributed by atoms with Gasteiger partial charge in [0, 0.05) is 62.3 Å². The molecule has 0 amide bonds. The highest BCUT2D eigenvalue weighted by Crippen LogP contribution is 2.31. The minimum Gasteiger partial charge on any atom is -0.482 e. The Bertz CT molecular complexity index is 1750. The number of anilines is 2. The molecule has 5 aromatic rings. The molecule has 0 spiro atoms. The Morgan fingerprint density at radius 1 is 0.682 bits per heavy atom. The standard InChI is InChI=1S/C35H33N3O6/c1-25(43-34(39)23-41-30-10-9-26-5-2-3-6-27(26)21-30)44-35(40)24-42-31-11-12-32-28(22-31)7-4-8-33(32)38-19-17-37(18-20-38)29-13-15-36-16-14-29/h2-16,21-22,25H,17-20,23-24H2,1H3.